The number of nitrogen functional groups attached to an aromatic ring is 1. The van der Waals surface area contributed by atoms with E-state index in [0.717, 1.165) is 11.1 Å². The van der Waals surface area contributed by atoms with Crippen LogP contribution in [0.25, 0.3) is 0 Å². The van der Waals surface area contributed by atoms with Crippen LogP contribution in [0.4, 0.5) is 10.1 Å². The second-order valence-electron chi connectivity index (χ2n) is 4.79. The van der Waals surface area contributed by atoms with Gasteiger partial charge in [-0.3, -0.25) is 0 Å². The normalized spacial score (nSPS) is 10.7. The molecule has 0 aliphatic heterocycles. The first-order valence-corrected chi connectivity index (χ1v) is 6.60. The Kier molecular flexibility index (Phi) is 3.64. The average Bonchev–Trinajstić information content (AvgIpc) is 2.89. The molecule has 0 saturated carbocycles. The van der Waals surface area contributed by atoms with Crippen molar-refractivity contribution in [2.75, 3.05) is 5.73 Å². The van der Waals surface area contributed by atoms with Crippen LogP contribution in [0.3, 0.4) is 0 Å². The Bertz CT molecular complexity index is 755. The highest BCUT2D eigenvalue weighted by Gasteiger charge is 2.09. The second-order valence-corrected chi connectivity index (χ2v) is 4.79. The predicted molar refractivity (Wildman–Crippen MR) is 77.2 cm³/mol. The smallest absolute Gasteiger partial charge is 0.231 e. The fourth-order valence-corrected chi connectivity index (χ4v) is 2.12. The number of nitrogens with two attached hydrogens (primary N) is 1. The summed E-state index contributed by atoms with van der Waals surface area (Å²) in [5.41, 5.74) is 8.33. The minimum absolute atomic E-state index is 0.270. The van der Waals surface area contributed by atoms with E-state index in [0.29, 0.717) is 30.2 Å². The summed E-state index contributed by atoms with van der Waals surface area (Å²) in [6.07, 6.45) is 0.925. The van der Waals surface area contributed by atoms with Crippen LogP contribution in [-0.2, 0) is 12.8 Å². The van der Waals surface area contributed by atoms with Gasteiger partial charge in [-0.05, 0) is 29.3 Å². The van der Waals surface area contributed by atoms with Gasteiger partial charge in [0.05, 0.1) is 6.42 Å². The number of nitrogens with zero attached hydrogens (tertiary/aromatic N) is 2. The van der Waals surface area contributed by atoms with Crippen molar-refractivity contribution in [3.05, 3.63) is 77.2 Å². The van der Waals surface area contributed by atoms with E-state index in [1.165, 1.54) is 12.1 Å². The van der Waals surface area contributed by atoms with Gasteiger partial charge in [0.15, 0.2) is 5.82 Å². The summed E-state index contributed by atoms with van der Waals surface area (Å²) >= 11 is 0. The second kappa shape index (κ2) is 5.75. The van der Waals surface area contributed by atoms with Crippen molar-refractivity contribution in [2.45, 2.75) is 12.8 Å². The van der Waals surface area contributed by atoms with Crippen LogP contribution in [0, 0.1) is 5.82 Å². The lowest BCUT2D eigenvalue weighted by atomic mass is 10.1. The van der Waals surface area contributed by atoms with Crippen LogP contribution >= 0.6 is 0 Å². The summed E-state index contributed by atoms with van der Waals surface area (Å²) < 4.78 is 18.3. The number of hydrogen-bond donors (Lipinski definition) is 1. The van der Waals surface area contributed by atoms with Crippen LogP contribution < -0.4 is 5.73 Å². The van der Waals surface area contributed by atoms with Gasteiger partial charge >= 0.3 is 0 Å². The molecule has 0 saturated heterocycles. The summed E-state index contributed by atoms with van der Waals surface area (Å²) in [6, 6.07) is 13.9. The Morgan fingerprint density at radius 1 is 1.05 bits per heavy atom. The molecule has 5 heteroatoms. The van der Waals surface area contributed by atoms with E-state index in [1.54, 1.807) is 6.07 Å². The van der Waals surface area contributed by atoms with E-state index in [-0.39, 0.29) is 5.82 Å². The van der Waals surface area contributed by atoms with E-state index in [1.807, 2.05) is 30.3 Å². The predicted octanol–water partition coefficient (Wildman–Crippen LogP) is 2.97. The molecular weight excluding hydrogens is 269 g/mol. The van der Waals surface area contributed by atoms with E-state index < -0.39 is 0 Å². The van der Waals surface area contributed by atoms with Crippen LogP contribution in [0.15, 0.2) is 53.1 Å². The van der Waals surface area contributed by atoms with Crippen molar-refractivity contribution in [3.63, 3.8) is 0 Å². The standard InChI is InChI=1S/C16H14FN3O/c17-13-6-3-4-11(8-13)9-15-19-16(21-20-15)10-12-5-1-2-7-14(12)18/h1-8H,9-10,18H2. The van der Waals surface area contributed by atoms with Crippen LogP contribution in [0.1, 0.15) is 22.8 Å². The molecule has 0 atom stereocenters. The van der Waals surface area contributed by atoms with Gasteiger partial charge in [-0.25, -0.2) is 4.39 Å². The summed E-state index contributed by atoms with van der Waals surface area (Å²) in [4.78, 5) is 4.32. The Morgan fingerprint density at radius 3 is 2.71 bits per heavy atom. The Balaban J connectivity index is 1.73. The maximum atomic E-state index is 13.1. The molecule has 0 unspecified atom stereocenters. The van der Waals surface area contributed by atoms with Gasteiger partial charge in [0, 0.05) is 12.1 Å². The van der Waals surface area contributed by atoms with Crippen LogP contribution in [-0.4, -0.2) is 10.1 Å². The van der Waals surface area contributed by atoms with Crippen LogP contribution in [0.2, 0.25) is 0 Å². The van der Waals surface area contributed by atoms with Gasteiger partial charge in [0.25, 0.3) is 0 Å². The zero-order chi connectivity index (χ0) is 14.7. The first kappa shape index (κ1) is 13.3. The molecule has 3 aromatic rings. The first-order valence-electron chi connectivity index (χ1n) is 6.60. The van der Waals surface area contributed by atoms with Gasteiger partial charge in [-0.2, -0.15) is 4.98 Å². The molecule has 0 aliphatic carbocycles. The minimum atomic E-state index is -0.270. The largest absolute Gasteiger partial charge is 0.398 e. The highest BCUT2D eigenvalue weighted by molar-refractivity contribution is 5.47. The number of para-hydroxylation sites is 1. The maximum absolute atomic E-state index is 13.1. The molecule has 106 valence electrons. The third-order valence-corrected chi connectivity index (χ3v) is 3.16. The quantitative estimate of drug-likeness (QED) is 0.748. The van der Waals surface area contributed by atoms with E-state index in [9.17, 15) is 4.39 Å². The first-order chi connectivity index (χ1) is 10.2. The molecule has 0 aliphatic rings. The van der Waals surface area contributed by atoms with Gasteiger partial charge in [0.1, 0.15) is 5.82 Å². The summed E-state index contributed by atoms with van der Waals surface area (Å²) in [5.74, 6) is 0.762. The highest BCUT2D eigenvalue weighted by atomic mass is 19.1. The van der Waals surface area contributed by atoms with Crippen molar-refractivity contribution in [1.29, 1.82) is 0 Å². The zero-order valence-electron chi connectivity index (χ0n) is 11.3. The molecule has 2 N–H and O–H groups in total. The van der Waals surface area contributed by atoms with Gasteiger partial charge in [0.2, 0.25) is 5.89 Å². The number of halogens is 1. The van der Waals surface area contributed by atoms with Gasteiger partial charge in [-0.1, -0.05) is 35.5 Å². The molecule has 1 heterocycles. The van der Waals surface area contributed by atoms with Gasteiger partial charge < -0.3 is 10.3 Å². The molecule has 3 rings (SSSR count). The molecule has 21 heavy (non-hydrogen) atoms. The molecule has 0 radical (unpaired) electrons. The van der Waals surface area contributed by atoms with Gasteiger partial charge in [-0.15, -0.1) is 0 Å². The lowest BCUT2D eigenvalue weighted by Gasteiger charge is -2.00. The van der Waals surface area contributed by atoms with Crippen molar-refractivity contribution < 1.29 is 8.91 Å². The monoisotopic (exact) mass is 283 g/mol. The minimum Gasteiger partial charge on any atom is -0.398 e. The average molecular weight is 283 g/mol. The number of rotatable bonds is 4. The SMILES string of the molecule is Nc1ccccc1Cc1nc(Cc2cccc(F)c2)no1. The number of aromatic nitrogens is 2. The fraction of sp³-hybridized carbons (Fsp3) is 0.125. The zero-order valence-corrected chi connectivity index (χ0v) is 11.3. The summed E-state index contributed by atoms with van der Waals surface area (Å²) in [5, 5.41) is 3.92. The third-order valence-electron chi connectivity index (χ3n) is 3.16. The van der Waals surface area contributed by atoms with Crippen molar-refractivity contribution in [2.24, 2.45) is 0 Å². The Labute approximate surface area is 121 Å². The number of hydrogen-bond acceptors (Lipinski definition) is 4. The molecule has 1 aromatic heterocycles. The van der Waals surface area contributed by atoms with E-state index in [2.05, 4.69) is 10.1 Å². The van der Waals surface area contributed by atoms with Crippen molar-refractivity contribution in [1.82, 2.24) is 10.1 Å². The lowest BCUT2D eigenvalue weighted by molar-refractivity contribution is 0.380. The number of benzene rings is 2. The number of anilines is 1. The molecule has 2 aromatic carbocycles. The van der Waals surface area contributed by atoms with Crippen molar-refractivity contribution in [3.8, 4) is 0 Å². The third kappa shape index (κ3) is 3.25. The molecule has 0 bridgehead atoms. The lowest BCUT2D eigenvalue weighted by Crippen LogP contribution is -1.96. The summed E-state index contributed by atoms with van der Waals surface area (Å²) in [7, 11) is 0. The Morgan fingerprint density at radius 2 is 1.90 bits per heavy atom. The molecule has 0 fully saturated rings. The Hall–Kier alpha value is -2.69. The summed E-state index contributed by atoms with van der Waals surface area (Å²) in [6.45, 7) is 0. The van der Waals surface area contributed by atoms with E-state index in [4.69, 9.17) is 10.3 Å². The van der Waals surface area contributed by atoms with Crippen LogP contribution in [0.5, 0.6) is 0 Å². The highest BCUT2D eigenvalue weighted by Crippen LogP contribution is 2.16. The van der Waals surface area contributed by atoms with E-state index >= 15 is 0 Å². The molecule has 0 spiro atoms. The molecular formula is C16H14FN3O. The fourth-order valence-electron chi connectivity index (χ4n) is 2.12. The maximum Gasteiger partial charge on any atom is 0.231 e. The molecule has 4 nitrogen and oxygen atoms in total. The van der Waals surface area contributed by atoms with Crippen molar-refractivity contribution >= 4 is 5.69 Å². The molecule has 0 amide bonds. The topological polar surface area (TPSA) is 64.9 Å².